The van der Waals surface area contributed by atoms with E-state index in [0.717, 1.165) is 27.4 Å². The number of benzene rings is 2. The summed E-state index contributed by atoms with van der Waals surface area (Å²) in [6.07, 6.45) is 0. The molecule has 3 N–H and O–H groups in total. The number of nitrogens with one attached hydrogen (secondary N) is 1. The van der Waals surface area contributed by atoms with Crippen molar-refractivity contribution in [3.05, 3.63) is 93.5 Å². The van der Waals surface area contributed by atoms with Crippen molar-refractivity contribution in [2.45, 2.75) is 6.92 Å². The Balaban J connectivity index is 1.54. The van der Waals surface area contributed by atoms with Gasteiger partial charge in [-0.05, 0) is 48.4 Å². The van der Waals surface area contributed by atoms with Gasteiger partial charge in [0, 0.05) is 36.6 Å². The van der Waals surface area contributed by atoms with Gasteiger partial charge in [-0.2, -0.15) is 10.0 Å². The molecular weight excluding hydrogens is 503 g/mol. The fourth-order valence-electron chi connectivity index (χ4n) is 4.55. The highest BCUT2D eigenvalue weighted by atomic mass is 19.1. The number of fused-ring (bicyclic) bond motifs is 1. The van der Waals surface area contributed by atoms with Gasteiger partial charge in [-0.3, -0.25) is 14.4 Å². The quantitative estimate of drug-likeness (QED) is 0.356. The number of anilines is 1. The predicted molar refractivity (Wildman–Crippen MR) is 141 cm³/mol. The molecule has 10 nitrogen and oxygen atoms in total. The van der Waals surface area contributed by atoms with E-state index in [1.165, 1.54) is 19.2 Å². The van der Waals surface area contributed by atoms with Crippen LogP contribution in [0.1, 0.15) is 32.3 Å². The SMILES string of the molecule is Cc1cc2cc(-c3ccc(-c4c(C#N)on(C)c4=O)cc3)n(C)c2c(C(=O)Nc2ccc(F)c(C(N)=O)c2)n1. The van der Waals surface area contributed by atoms with Crippen LogP contribution in [0.15, 0.2) is 63.9 Å². The van der Waals surface area contributed by atoms with E-state index in [-0.39, 0.29) is 28.3 Å². The molecule has 39 heavy (non-hydrogen) atoms. The highest BCUT2D eigenvalue weighted by Gasteiger charge is 2.21. The molecule has 2 aromatic carbocycles. The number of pyridine rings is 1. The van der Waals surface area contributed by atoms with Crippen molar-refractivity contribution in [1.82, 2.24) is 14.3 Å². The number of hydrogen-bond acceptors (Lipinski definition) is 6. The zero-order valence-corrected chi connectivity index (χ0v) is 21.1. The van der Waals surface area contributed by atoms with E-state index in [9.17, 15) is 24.0 Å². The molecule has 194 valence electrons. The molecule has 3 aromatic heterocycles. The topological polar surface area (TPSA) is 149 Å². The Morgan fingerprint density at radius 2 is 1.77 bits per heavy atom. The Bertz CT molecular complexity index is 1910. The maximum atomic E-state index is 13.9. The number of carbonyl (C=O) groups is 2. The second-order valence-corrected chi connectivity index (χ2v) is 8.94. The van der Waals surface area contributed by atoms with Gasteiger partial charge in [-0.25, -0.2) is 9.37 Å². The van der Waals surface area contributed by atoms with E-state index in [4.69, 9.17) is 10.3 Å². The van der Waals surface area contributed by atoms with Gasteiger partial charge in [0.1, 0.15) is 17.4 Å². The second-order valence-electron chi connectivity index (χ2n) is 8.94. The maximum Gasteiger partial charge on any atom is 0.291 e. The van der Waals surface area contributed by atoms with Crippen LogP contribution in [-0.4, -0.2) is 26.1 Å². The average molecular weight is 525 g/mol. The number of carbonyl (C=O) groups excluding carboxylic acids is 2. The van der Waals surface area contributed by atoms with Gasteiger partial charge in [0.15, 0.2) is 5.69 Å². The summed E-state index contributed by atoms with van der Waals surface area (Å²) in [7, 11) is 3.23. The van der Waals surface area contributed by atoms with Crippen molar-refractivity contribution in [2.75, 3.05) is 5.32 Å². The number of amides is 2. The lowest BCUT2D eigenvalue weighted by Crippen LogP contribution is -2.18. The van der Waals surface area contributed by atoms with Crippen molar-refractivity contribution in [3.8, 4) is 28.5 Å². The fourth-order valence-corrected chi connectivity index (χ4v) is 4.55. The summed E-state index contributed by atoms with van der Waals surface area (Å²) in [5.41, 5.74) is 8.26. The third-order valence-electron chi connectivity index (χ3n) is 6.37. The number of halogens is 1. The van der Waals surface area contributed by atoms with Crippen LogP contribution in [0.25, 0.3) is 33.3 Å². The van der Waals surface area contributed by atoms with Gasteiger partial charge < -0.3 is 20.1 Å². The highest BCUT2D eigenvalue weighted by Crippen LogP contribution is 2.31. The molecule has 0 saturated heterocycles. The molecule has 0 radical (unpaired) electrons. The van der Waals surface area contributed by atoms with Crippen molar-refractivity contribution < 1.29 is 18.5 Å². The number of nitrogens with zero attached hydrogens (tertiary/aromatic N) is 4. The van der Waals surface area contributed by atoms with E-state index < -0.39 is 23.2 Å². The lowest BCUT2D eigenvalue weighted by Gasteiger charge is -2.11. The molecular formula is C28H21FN6O4. The normalized spacial score (nSPS) is 10.9. The first-order valence-electron chi connectivity index (χ1n) is 11.7. The van der Waals surface area contributed by atoms with Crippen LogP contribution < -0.4 is 16.6 Å². The zero-order valence-electron chi connectivity index (χ0n) is 21.1. The Labute approximate surface area is 220 Å². The largest absolute Gasteiger partial charge is 0.366 e. The van der Waals surface area contributed by atoms with Gasteiger partial charge in [0.25, 0.3) is 17.4 Å². The monoisotopic (exact) mass is 524 g/mol. The van der Waals surface area contributed by atoms with Crippen molar-refractivity contribution >= 4 is 28.4 Å². The summed E-state index contributed by atoms with van der Waals surface area (Å²) in [6, 6.07) is 16.3. The third kappa shape index (κ3) is 4.34. The molecule has 0 aliphatic heterocycles. The van der Waals surface area contributed by atoms with Crippen LogP contribution in [0.2, 0.25) is 0 Å². The first-order chi connectivity index (χ1) is 18.6. The third-order valence-corrected chi connectivity index (χ3v) is 6.37. The lowest BCUT2D eigenvalue weighted by atomic mass is 10.0. The van der Waals surface area contributed by atoms with E-state index >= 15 is 0 Å². The Morgan fingerprint density at radius 3 is 2.44 bits per heavy atom. The van der Waals surface area contributed by atoms with Crippen LogP contribution in [0.5, 0.6) is 0 Å². The van der Waals surface area contributed by atoms with Gasteiger partial charge in [-0.1, -0.05) is 24.3 Å². The second kappa shape index (κ2) is 9.42. The number of aromatic nitrogens is 3. The summed E-state index contributed by atoms with van der Waals surface area (Å²) < 4.78 is 21.9. The van der Waals surface area contributed by atoms with Crippen molar-refractivity contribution in [2.24, 2.45) is 19.8 Å². The van der Waals surface area contributed by atoms with E-state index in [1.807, 2.05) is 22.8 Å². The summed E-state index contributed by atoms with van der Waals surface area (Å²) in [6.45, 7) is 1.76. The lowest BCUT2D eigenvalue weighted by molar-refractivity contribution is 0.0992. The Morgan fingerprint density at radius 1 is 1.08 bits per heavy atom. The molecule has 3 heterocycles. The molecule has 0 spiro atoms. The van der Waals surface area contributed by atoms with Crippen LogP contribution in [0.4, 0.5) is 10.1 Å². The Kier molecular flexibility index (Phi) is 6.08. The fraction of sp³-hybridized carbons (Fsp3) is 0.107. The number of nitriles is 1. The first-order valence-corrected chi connectivity index (χ1v) is 11.7. The first kappa shape index (κ1) is 25.2. The minimum absolute atomic E-state index is 0.0684. The van der Waals surface area contributed by atoms with Gasteiger partial charge >= 0.3 is 0 Å². The average Bonchev–Trinajstić information content (AvgIpc) is 3.39. The Hall–Kier alpha value is -5.50. The van der Waals surface area contributed by atoms with Crippen LogP contribution in [0.3, 0.4) is 0 Å². The molecule has 0 saturated carbocycles. The number of rotatable bonds is 5. The molecule has 0 aliphatic carbocycles. The highest BCUT2D eigenvalue weighted by molar-refractivity contribution is 6.11. The van der Waals surface area contributed by atoms with Crippen LogP contribution in [0, 0.1) is 24.1 Å². The molecule has 0 atom stereocenters. The number of primary amides is 1. The number of aryl methyl sites for hydroxylation is 3. The van der Waals surface area contributed by atoms with E-state index in [1.54, 1.807) is 38.2 Å². The zero-order chi connectivity index (χ0) is 28.0. The minimum Gasteiger partial charge on any atom is -0.366 e. The molecule has 11 heteroatoms. The van der Waals surface area contributed by atoms with Gasteiger partial charge in [0.05, 0.1) is 11.1 Å². The summed E-state index contributed by atoms with van der Waals surface area (Å²) >= 11 is 0. The van der Waals surface area contributed by atoms with E-state index in [2.05, 4.69) is 10.3 Å². The molecule has 0 bridgehead atoms. The standard InChI is InChI=1S/C28H21FN6O4/c1-14-10-17-11-21(15-4-6-16(7-5-15)23-22(13-30)39-35(3)28(23)38)34(2)25(17)24(32-14)27(37)33-18-8-9-20(29)19(12-18)26(31)36/h4-12H,1-3H3,(H2,31,36)(H,33,37). The summed E-state index contributed by atoms with van der Waals surface area (Å²) in [5.74, 6) is -2.35. The predicted octanol–water partition coefficient (Wildman–Crippen LogP) is 3.87. The maximum absolute atomic E-state index is 13.9. The van der Waals surface area contributed by atoms with Gasteiger partial charge in [0.2, 0.25) is 5.76 Å². The summed E-state index contributed by atoms with van der Waals surface area (Å²) in [4.78, 5) is 41.7. The molecule has 2 amide bonds. The molecule has 5 aromatic rings. The molecule has 0 aliphatic rings. The molecule has 0 fully saturated rings. The molecule has 5 rings (SSSR count). The minimum atomic E-state index is -0.949. The smallest absolute Gasteiger partial charge is 0.291 e. The van der Waals surface area contributed by atoms with Crippen LogP contribution >= 0.6 is 0 Å². The number of nitrogens with two attached hydrogens (primary N) is 1. The number of hydrogen-bond donors (Lipinski definition) is 2. The van der Waals surface area contributed by atoms with Gasteiger partial charge in [-0.15, -0.1) is 0 Å². The van der Waals surface area contributed by atoms with Crippen molar-refractivity contribution in [1.29, 1.82) is 5.26 Å². The van der Waals surface area contributed by atoms with Crippen LogP contribution in [-0.2, 0) is 14.1 Å². The van der Waals surface area contributed by atoms with E-state index in [0.29, 0.717) is 16.8 Å². The summed E-state index contributed by atoms with van der Waals surface area (Å²) in [5, 5.41) is 12.8. The molecule has 0 unspecified atom stereocenters. The van der Waals surface area contributed by atoms with Crippen molar-refractivity contribution in [3.63, 3.8) is 0 Å².